The van der Waals surface area contributed by atoms with E-state index in [9.17, 15) is 12.8 Å². The summed E-state index contributed by atoms with van der Waals surface area (Å²) in [6, 6.07) is 0. The number of alkyl halides is 1. The largest absolute Gasteiger partial charge is 0.479 e. The lowest BCUT2D eigenvalue weighted by molar-refractivity contribution is 0.0948. The average molecular weight is 526 g/mol. The molecule has 0 amide bonds. The van der Waals surface area contributed by atoms with Crippen LogP contribution in [0.15, 0.2) is 18.7 Å². The molecule has 0 saturated heterocycles. The minimum absolute atomic E-state index is 0.0917. The maximum atomic E-state index is 14.4. The highest BCUT2D eigenvalue weighted by Gasteiger charge is 2.40. The van der Waals surface area contributed by atoms with E-state index >= 15 is 0 Å². The van der Waals surface area contributed by atoms with Crippen LogP contribution in [0.1, 0.15) is 55.0 Å². The molecule has 4 rings (SSSR count). The Morgan fingerprint density at radius 3 is 2.46 bits per heavy atom. The zero-order valence-corrected chi connectivity index (χ0v) is 21.2. The van der Waals surface area contributed by atoms with Gasteiger partial charge in [0.25, 0.3) is 0 Å². The molecule has 0 aliphatic heterocycles. The SMILES string of the molecule is COc1ncnc(C)c1-n1c(CS(=O)(=O)[C@@H](C)[C@H](OC)c2ncc(Cl)cn2)nnc1[C@@H]1CC[C@H]1F. The van der Waals surface area contributed by atoms with E-state index in [2.05, 4.69) is 30.1 Å². The van der Waals surface area contributed by atoms with Crippen LogP contribution in [0.4, 0.5) is 4.39 Å². The first-order valence-corrected chi connectivity index (χ1v) is 12.9. The van der Waals surface area contributed by atoms with E-state index in [1.807, 2.05) is 0 Å². The number of sulfone groups is 1. The first-order chi connectivity index (χ1) is 16.7. The number of hydrogen-bond donors (Lipinski definition) is 0. The molecule has 3 heterocycles. The van der Waals surface area contributed by atoms with E-state index < -0.39 is 39.0 Å². The molecule has 0 spiro atoms. The van der Waals surface area contributed by atoms with Crippen molar-refractivity contribution in [2.24, 2.45) is 0 Å². The predicted molar refractivity (Wildman–Crippen MR) is 124 cm³/mol. The number of ether oxygens (including phenoxy) is 2. The molecule has 35 heavy (non-hydrogen) atoms. The van der Waals surface area contributed by atoms with Gasteiger partial charge in [-0.05, 0) is 26.7 Å². The van der Waals surface area contributed by atoms with E-state index in [1.54, 1.807) is 6.92 Å². The molecule has 188 valence electrons. The minimum Gasteiger partial charge on any atom is -0.479 e. The molecule has 3 aromatic heterocycles. The Kier molecular flexibility index (Phi) is 7.29. The van der Waals surface area contributed by atoms with Gasteiger partial charge in [0.2, 0.25) is 5.88 Å². The molecular weight excluding hydrogens is 501 g/mol. The van der Waals surface area contributed by atoms with Crippen LogP contribution in [0.3, 0.4) is 0 Å². The summed E-state index contributed by atoms with van der Waals surface area (Å²) in [5.41, 5.74) is 0.875. The lowest BCUT2D eigenvalue weighted by Gasteiger charge is -2.30. The lowest BCUT2D eigenvalue weighted by Crippen LogP contribution is -2.31. The van der Waals surface area contributed by atoms with Gasteiger partial charge in [0.15, 0.2) is 21.5 Å². The molecule has 0 N–H and O–H groups in total. The standard InChI is InChI=1S/C21H25ClFN7O4S/c1-11-17(21(34-4)27-10-26-11)30-16(28-29-20(30)14-5-6-15(14)23)9-35(31,32)12(2)18(33-3)19-24-7-13(22)8-25-19/h7-8,10,12,14-15,18H,5-6,9H2,1-4H3/t12-,14+,15+,18-/m0/s1. The molecule has 3 aromatic rings. The quantitative estimate of drug-likeness (QED) is 0.410. The molecule has 1 aliphatic carbocycles. The second-order valence-electron chi connectivity index (χ2n) is 8.25. The van der Waals surface area contributed by atoms with Gasteiger partial charge in [-0.1, -0.05) is 11.6 Å². The van der Waals surface area contributed by atoms with Crippen molar-refractivity contribution in [1.82, 2.24) is 34.7 Å². The van der Waals surface area contributed by atoms with Gasteiger partial charge >= 0.3 is 0 Å². The average Bonchev–Trinajstić information content (AvgIpc) is 3.20. The summed E-state index contributed by atoms with van der Waals surface area (Å²) in [7, 11) is -1.08. The number of methoxy groups -OCH3 is 2. The third kappa shape index (κ3) is 4.84. The highest BCUT2D eigenvalue weighted by atomic mass is 35.5. The molecule has 1 fully saturated rings. The third-order valence-corrected chi connectivity index (χ3v) is 8.37. The van der Waals surface area contributed by atoms with Crippen molar-refractivity contribution in [3.8, 4) is 11.6 Å². The fraction of sp³-hybridized carbons (Fsp3) is 0.524. The zero-order valence-electron chi connectivity index (χ0n) is 19.6. The summed E-state index contributed by atoms with van der Waals surface area (Å²) in [6.07, 6.45) is 2.99. The zero-order chi connectivity index (χ0) is 25.3. The number of hydrogen-bond acceptors (Lipinski definition) is 10. The number of halogens is 2. The van der Waals surface area contributed by atoms with Gasteiger partial charge in [-0.25, -0.2) is 27.8 Å². The van der Waals surface area contributed by atoms with Crippen LogP contribution in [0.5, 0.6) is 5.88 Å². The molecular formula is C21H25ClFN7O4S. The third-order valence-electron chi connectivity index (χ3n) is 6.14. The van der Waals surface area contributed by atoms with Crippen molar-refractivity contribution in [1.29, 1.82) is 0 Å². The summed E-state index contributed by atoms with van der Waals surface area (Å²) in [4.78, 5) is 16.6. The topological polar surface area (TPSA) is 135 Å². The molecule has 0 aromatic carbocycles. The first-order valence-electron chi connectivity index (χ1n) is 10.8. The maximum Gasteiger partial charge on any atom is 0.241 e. The Bertz CT molecular complexity index is 1310. The summed E-state index contributed by atoms with van der Waals surface area (Å²) in [6.45, 7) is 3.22. The highest BCUT2D eigenvalue weighted by Crippen LogP contribution is 2.41. The smallest absolute Gasteiger partial charge is 0.241 e. The molecule has 0 unspecified atom stereocenters. The number of rotatable bonds is 9. The highest BCUT2D eigenvalue weighted by molar-refractivity contribution is 7.91. The second-order valence-corrected chi connectivity index (χ2v) is 11.0. The van der Waals surface area contributed by atoms with Gasteiger partial charge in [0, 0.05) is 19.5 Å². The van der Waals surface area contributed by atoms with Crippen LogP contribution in [0.25, 0.3) is 5.69 Å². The predicted octanol–water partition coefficient (Wildman–Crippen LogP) is 2.72. The molecule has 0 radical (unpaired) electrons. The Balaban J connectivity index is 1.76. The van der Waals surface area contributed by atoms with Crippen LogP contribution in [0, 0.1) is 6.92 Å². The van der Waals surface area contributed by atoms with Gasteiger partial charge in [-0.2, -0.15) is 4.98 Å². The number of aryl methyl sites for hydroxylation is 1. The minimum atomic E-state index is -3.90. The van der Waals surface area contributed by atoms with Gasteiger partial charge in [0.1, 0.15) is 35.9 Å². The fourth-order valence-corrected chi connectivity index (χ4v) is 5.50. The van der Waals surface area contributed by atoms with Gasteiger partial charge in [-0.15, -0.1) is 10.2 Å². The molecule has 4 atom stereocenters. The van der Waals surface area contributed by atoms with Crippen LogP contribution in [-0.2, 0) is 20.3 Å². The van der Waals surface area contributed by atoms with Crippen LogP contribution in [-0.4, -0.2) is 68.8 Å². The molecule has 14 heteroatoms. The Morgan fingerprint density at radius 1 is 1.17 bits per heavy atom. The van der Waals surface area contributed by atoms with E-state index in [0.29, 0.717) is 35.1 Å². The molecule has 1 saturated carbocycles. The van der Waals surface area contributed by atoms with Crippen molar-refractivity contribution in [3.63, 3.8) is 0 Å². The summed E-state index contributed by atoms with van der Waals surface area (Å²) >= 11 is 5.86. The van der Waals surface area contributed by atoms with Gasteiger partial charge < -0.3 is 9.47 Å². The summed E-state index contributed by atoms with van der Waals surface area (Å²) in [5.74, 6) is -0.246. The van der Waals surface area contributed by atoms with Crippen molar-refractivity contribution < 1.29 is 22.3 Å². The van der Waals surface area contributed by atoms with Crippen molar-refractivity contribution in [3.05, 3.63) is 46.9 Å². The number of nitrogens with zero attached hydrogens (tertiary/aromatic N) is 7. The fourth-order valence-electron chi connectivity index (χ4n) is 3.99. The van der Waals surface area contributed by atoms with Crippen LogP contribution < -0.4 is 4.74 Å². The second kappa shape index (κ2) is 10.1. The van der Waals surface area contributed by atoms with Gasteiger partial charge in [-0.3, -0.25) is 4.57 Å². The van der Waals surface area contributed by atoms with Crippen molar-refractivity contribution in [2.45, 2.75) is 55.9 Å². The van der Waals surface area contributed by atoms with Crippen LogP contribution in [0.2, 0.25) is 5.02 Å². The Labute approximate surface area is 207 Å². The lowest BCUT2D eigenvalue weighted by atomic mass is 9.82. The molecule has 0 bridgehead atoms. The number of aromatic nitrogens is 7. The van der Waals surface area contributed by atoms with Crippen molar-refractivity contribution in [2.75, 3.05) is 14.2 Å². The molecule has 11 nitrogen and oxygen atoms in total. The normalized spacial score (nSPS) is 19.7. The summed E-state index contributed by atoms with van der Waals surface area (Å²) < 4.78 is 53.8. The van der Waals surface area contributed by atoms with E-state index in [0.717, 1.165) is 0 Å². The Hall–Kier alpha value is -2.77. The first kappa shape index (κ1) is 25.3. The Morgan fingerprint density at radius 2 is 1.89 bits per heavy atom. The van der Waals surface area contributed by atoms with E-state index in [4.69, 9.17) is 21.1 Å². The maximum absolute atomic E-state index is 14.4. The van der Waals surface area contributed by atoms with Crippen molar-refractivity contribution >= 4 is 21.4 Å². The molecule has 1 aliphatic rings. The van der Waals surface area contributed by atoms with Gasteiger partial charge in [0.05, 0.1) is 29.0 Å². The van der Waals surface area contributed by atoms with Crippen LogP contribution >= 0.6 is 11.6 Å². The van der Waals surface area contributed by atoms with E-state index in [-0.39, 0.29) is 17.5 Å². The van der Waals surface area contributed by atoms with E-state index in [1.165, 1.54) is 44.4 Å². The monoisotopic (exact) mass is 525 g/mol. The summed E-state index contributed by atoms with van der Waals surface area (Å²) in [5, 5.41) is 7.60.